The molecule has 0 aliphatic heterocycles. The van der Waals surface area contributed by atoms with E-state index in [0.717, 1.165) is 0 Å². The van der Waals surface area contributed by atoms with Crippen LogP contribution in [0, 0.1) is 15.9 Å². The monoisotopic (exact) mass is 511 g/mol. The van der Waals surface area contributed by atoms with Crippen LogP contribution in [-0.2, 0) is 16.7 Å². The standard InChI is InChI=1S/C22H27BrFN3O5/c1-21(2,3)32-20(28)26(12-14-11-15(24)7-8-16(14)23)13-22(4,5)19-17(27(29)30)9-10-18(25-19)31-6/h7-11H,12-13H2,1-6H3. The van der Waals surface area contributed by atoms with Gasteiger partial charge >= 0.3 is 6.09 Å². The number of hydrogen-bond acceptors (Lipinski definition) is 6. The summed E-state index contributed by atoms with van der Waals surface area (Å²) in [5.74, 6) is -0.230. The van der Waals surface area contributed by atoms with E-state index < -0.39 is 27.8 Å². The normalized spacial score (nSPS) is 11.8. The summed E-state index contributed by atoms with van der Waals surface area (Å²) in [4.78, 5) is 29.8. The molecular formula is C22H27BrFN3O5. The lowest BCUT2D eigenvalue weighted by Gasteiger charge is -2.34. The number of pyridine rings is 1. The third kappa shape index (κ3) is 6.62. The molecule has 0 spiro atoms. The van der Waals surface area contributed by atoms with Crippen LogP contribution < -0.4 is 4.74 Å². The van der Waals surface area contributed by atoms with Crippen molar-refractivity contribution in [3.63, 3.8) is 0 Å². The summed E-state index contributed by atoms with van der Waals surface area (Å²) in [6.45, 7) is 8.72. The molecule has 10 heteroatoms. The molecule has 0 fully saturated rings. The average molecular weight is 512 g/mol. The van der Waals surface area contributed by atoms with Gasteiger partial charge in [0.25, 0.3) is 5.69 Å². The highest BCUT2D eigenvalue weighted by Gasteiger charge is 2.36. The van der Waals surface area contributed by atoms with E-state index in [9.17, 15) is 19.3 Å². The van der Waals surface area contributed by atoms with E-state index in [-0.39, 0.29) is 30.4 Å². The maximum Gasteiger partial charge on any atom is 0.410 e. The Morgan fingerprint density at radius 2 is 1.88 bits per heavy atom. The Hall–Kier alpha value is -2.75. The Morgan fingerprint density at radius 1 is 1.22 bits per heavy atom. The van der Waals surface area contributed by atoms with Crippen LogP contribution in [0.1, 0.15) is 45.9 Å². The minimum Gasteiger partial charge on any atom is -0.481 e. The van der Waals surface area contributed by atoms with E-state index >= 15 is 0 Å². The molecule has 174 valence electrons. The Bertz CT molecular complexity index is 1010. The van der Waals surface area contributed by atoms with E-state index in [1.54, 1.807) is 40.7 Å². The van der Waals surface area contributed by atoms with E-state index in [1.165, 1.54) is 36.3 Å². The maximum atomic E-state index is 13.8. The van der Waals surface area contributed by atoms with Gasteiger partial charge in [0.05, 0.1) is 18.6 Å². The first-order valence-electron chi connectivity index (χ1n) is 9.85. The number of ether oxygens (including phenoxy) is 2. The smallest absolute Gasteiger partial charge is 0.410 e. The molecule has 0 N–H and O–H groups in total. The molecule has 0 atom stereocenters. The van der Waals surface area contributed by atoms with Crippen molar-refractivity contribution in [2.45, 2.75) is 52.2 Å². The van der Waals surface area contributed by atoms with Crippen LogP contribution in [-0.4, -0.2) is 40.2 Å². The fourth-order valence-corrected chi connectivity index (χ4v) is 3.50. The zero-order chi connectivity index (χ0) is 24.3. The number of benzene rings is 1. The Labute approximate surface area is 195 Å². The molecule has 0 unspecified atom stereocenters. The van der Waals surface area contributed by atoms with Crippen molar-refractivity contribution < 1.29 is 23.6 Å². The van der Waals surface area contributed by atoms with Crippen LogP contribution >= 0.6 is 15.9 Å². The largest absolute Gasteiger partial charge is 0.481 e. The minimum atomic E-state index is -0.965. The van der Waals surface area contributed by atoms with Crippen molar-refractivity contribution in [2.75, 3.05) is 13.7 Å². The molecule has 0 bridgehead atoms. The van der Waals surface area contributed by atoms with Gasteiger partial charge in [-0.2, -0.15) is 0 Å². The zero-order valence-corrected chi connectivity index (χ0v) is 20.5. The van der Waals surface area contributed by atoms with Gasteiger partial charge in [-0.3, -0.25) is 10.1 Å². The number of carbonyl (C=O) groups excluding carboxylic acids is 1. The first kappa shape index (κ1) is 25.5. The molecule has 8 nitrogen and oxygen atoms in total. The summed E-state index contributed by atoms with van der Waals surface area (Å²) in [6, 6.07) is 6.91. The molecule has 1 heterocycles. The molecule has 1 aromatic heterocycles. The van der Waals surface area contributed by atoms with Gasteiger partial charge in [-0.1, -0.05) is 29.8 Å². The number of carbonyl (C=O) groups is 1. The zero-order valence-electron chi connectivity index (χ0n) is 18.9. The van der Waals surface area contributed by atoms with Crippen LogP contribution in [0.5, 0.6) is 5.88 Å². The molecule has 0 aliphatic rings. The molecule has 0 saturated heterocycles. The third-order valence-corrected chi connectivity index (χ3v) is 5.28. The fraction of sp³-hybridized carbons (Fsp3) is 0.455. The van der Waals surface area contributed by atoms with E-state index in [4.69, 9.17) is 9.47 Å². The molecule has 1 amide bonds. The molecule has 2 rings (SSSR count). The number of amides is 1. The van der Waals surface area contributed by atoms with Gasteiger partial charge in [0.1, 0.15) is 17.1 Å². The summed E-state index contributed by atoms with van der Waals surface area (Å²) in [7, 11) is 1.42. The molecule has 0 aliphatic carbocycles. The highest BCUT2D eigenvalue weighted by atomic mass is 79.9. The van der Waals surface area contributed by atoms with Gasteiger partial charge in [0.15, 0.2) is 0 Å². The number of nitro groups is 1. The summed E-state index contributed by atoms with van der Waals surface area (Å²) < 4.78 is 25.2. The van der Waals surface area contributed by atoms with Gasteiger partial charge in [-0.15, -0.1) is 0 Å². The number of aromatic nitrogens is 1. The van der Waals surface area contributed by atoms with Crippen molar-refractivity contribution in [2.24, 2.45) is 0 Å². The Kier molecular flexibility index (Phi) is 7.82. The second-order valence-electron chi connectivity index (χ2n) is 8.93. The number of rotatable bonds is 7. The highest BCUT2D eigenvalue weighted by molar-refractivity contribution is 9.10. The van der Waals surface area contributed by atoms with Crippen molar-refractivity contribution in [1.29, 1.82) is 0 Å². The van der Waals surface area contributed by atoms with Crippen molar-refractivity contribution in [3.8, 4) is 5.88 Å². The highest BCUT2D eigenvalue weighted by Crippen LogP contribution is 2.33. The molecular weight excluding hydrogens is 485 g/mol. The molecule has 2 aromatic rings. The predicted octanol–water partition coefficient (Wildman–Crippen LogP) is 5.61. The van der Waals surface area contributed by atoms with Gasteiger partial charge in [-0.25, -0.2) is 14.2 Å². The average Bonchev–Trinajstić information content (AvgIpc) is 2.68. The lowest BCUT2D eigenvalue weighted by molar-refractivity contribution is -0.386. The second-order valence-corrected chi connectivity index (χ2v) is 9.79. The quantitative estimate of drug-likeness (QED) is 0.353. The van der Waals surface area contributed by atoms with Crippen LogP contribution in [0.2, 0.25) is 0 Å². The second kappa shape index (κ2) is 9.81. The van der Waals surface area contributed by atoms with Crippen LogP contribution in [0.25, 0.3) is 0 Å². The van der Waals surface area contributed by atoms with Crippen molar-refractivity contribution in [1.82, 2.24) is 9.88 Å². The molecule has 1 aromatic carbocycles. The van der Waals surface area contributed by atoms with Crippen molar-refractivity contribution in [3.05, 3.63) is 62.0 Å². The summed E-state index contributed by atoms with van der Waals surface area (Å²) in [6.07, 6.45) is -0.632. The maximum absolute atomic E-state index is 13.8. The number of methoxy groups -OCH3 is 1. The molecule has 0 radical (unpaired) electrons. The van der Waals surface area contributed by atoms with Gasteiger partial charge in [0, 0.05) is 28.6 Å². The first-order chi connectivity index (χ1) is 14.7. The third-order valence-electron chi connectivity index (χ3n) is 4.50. The summed E-state index contributed by atoms with van der Waals surface area (Å²) >= 11 is 3.38. The lowest BCUT2D eigenvalue weighted by Crippen LogP contribution is -2.43. The summed E-state index contributed by atoms with van der Waals surface area (Å²) in [5, 5.41) is 11.6. The van der Waals surface area contributed by atoms with E-state index in [1.807, 2.05) is 0 Å². The van der Waals surface area contributed by atoms with Crippen molar-refractivity contribution >= 4 is 27.7 Å². The fourth-order valence-electron chi connectivity index (χ4n) is 3.13. The van der Waals surface area contributed by atoms with E-state index in [2.05, 4.69) is 20.9 Å². The van der Waals surface area contributed by atoms with Gasteiger partial charge in [0.2, 0.25) is 5.88 Å². The van der Waals surface area contributed by atoms with Crippen LogP contribution in [0.3, 0.4) is 0 Å². The molecule has 0 saturated carbocycles. The lowest BCUT2D eigenvalue weighted by atomic mass is 9.87. The Morgan fingerprint density at radius 3 is 2.44 bits per heavy atom. The van der Waals surface area contributed by atoms with Gasteiger partial charge < -0.3 is 14.4 Å². The number of halogens is 2. The van der Waals surface area contributed by atoms with E-state index in [0.29, 0.717) is 10.0 Å². The van der Waals surface area contributed by atoms with Crippen LogP contribution in [0.15, 0.2) is 34.8 Å². The first-order valence-corrected chi connectivity index (χ1v) is 10.6. The summed E-state index contributed by atoms with van der Waals surface area (Å²) in [5.41, 5.74) is -1.23. The topological polar surface area (TPSA) is 94.8 Å². The predicted molar refractivity (Wildman–Crippen MR) is 121 cm³/mol. The van der Waals surface area contributed by atoms with Gasteiger partial charge in [-0.05, 0) is 44.5 Å². The molecule has 32 heavy (non-hydrogen) atoms. The minimum absolute atomic E-state index is 0.0197. The Balaban J connectivity index is 2.49. The SMILES string of the molecule is COc1ccc([N+](=O)[O-])c(C(C)(C)CN(Cc2cc(F)ccc2Br)C(=O)OC(C)(C)C)n1. The van der Waals surface area contributed by atoms with Crippen LogP contribution in [0.4, 0.5) is 14.9 Å². The number of nitrogens with zero attached hydrogens (tertiary/aromatic N) is 3. The number of hydrogen-bond donors (Lipinski definition) is 0.